The molecular formula is C20H29NO2. The molecule has 0 atom stereocenters. The number of benzene rings is 1. The normalized spacial score (nSPS) is 10.4. The first-order valence-corrected chi connectivity index (χ1v) is 8.46. The van der Waals surface area contributed by atoms with Gasteiger partial charge in [-0.3, -0.25) is 4.79 Å². The largest absolute Gasteiger partial charge is 0.352 e. The van der Waals surface area contributed by atoms with E-state index < -0.39 is 0 Å². The van der Waals surface area contributed by atoms with Crippen LogP contribution in [0, 0.1) is 6.92 Å². The number of hydrogen-bond acceptors (Lipinski definition) is 2. The fourth-order valence-electron chi connectivity index (χ4n) is 2.46. The lowest BCUT2D eigenvalue weighted by Crippen LogP contribution is -2.25. The molecular weight excluding hydrogens is 286 g/mol. The molecule has 3 heteroatoms. The van der Waals surface area contributed by atoms with Gasteiger partial charge in [-0.05, 0) is 50.8 Å². The van der Waals surface area contributed by atoms with E-state index in [1.54, 1.807) is 6.92 Å². The van der Waals surface area contributed by atoms with Gasteiger partial charge in [-0.25, -0.2) is 0 Å². The Balaban J connectivity index is 2.30. The molecule has 0 aliphatic carbocycles. The molecule has 0 aliphatic heterocycles. The summed E-state index contributed by atoms with van der Waals surface area (Å²) in [5, 5.41) is 2.99. The Morgan fingerprint density at radius 3 is 2.35 bits per heavy atom. The van der Waals surface area contributed by atoms with Crippen molar-refractivity contribution in [1.29, 1.82) is 0 Å². The minimum absolute atomic E-state index is 0.0119. The fraction of sp³-hybridized carbons (Fsp3) is 0.500. The lowest BCUT2D eigenvalue weighted by Gasteiger charge is -2.10. The van der Waals surface area contributed by atoms with Gasteiger partial charge in [-0.15, -0.1) is 0 Å². The smallest absolute Gasteiger partial charge is 0.251 e. The highest BCUT2D eigenvalue weighted by Gasteiger charge is 2.09. The van der Waals surface area contributed by atoms with Crippen molar-refractivity contribution in [2.75, 3.05) is 6.54 Å². The van der Waals surface area contributed by atoms with Crippen LogP contribution in [0.5, 0.6) is 0 Å². The van der Waals surface area contributed by atoms with Gasteiger partial charge < -0.3 is 10.1 Å². The molecule has 1 amide bonds. The minimum Gasteiger partial charge on any atom is -0.352 e. The number of Topliss-reactive ketones (excluding diaryl/α,β-unsaturated/α-hetero) is 1. The van der Waals surface area contributed by atoms with Crippen LogP contribution in [-0.2, 0) is 4.79 Å². The summed E-state index contributed by atoms with van der Waals surface area (Å²) < 4.78 is 0. The van der Waals surface area contributed by atoms with Crippen LogP contribution < -0.4 is 5.32 Å². The Morgan fingerprint density at radius 2 is 1.70 bits per heavy atom. The Labute approximate surface area is 140 Å². The van der Waals surface area contributed by atoms with Gasteiger partial charge in [0.15, 0.2) is 0 Å². The third kappa shape index (κ3) is 7.27. The Kier molecular flexibility index (Phi) is 8.31. The molecule has 126 valence electrons. The van der Waals surface area contributed by atoms with Gasteiger partial charge in [0.25, 0.3) is 5.91 Å². The lowest BCUT2D eigenvalue weighted by atomic mass is 10.0. The molecule has 0 heterocycles. The number of amides is 1. The zero-order chi connectivity index (χ0) is 17.2. The van der Waals surface area contributed by atoms with E-state index in [0.717, 1.165) is 54.4 Å². The van der Waals surface area contributed by atoms with Gasteiger partial charge in [-0.1, -0.05) is 43.5 Å². The van der Waals surface area contributed by atoms with Crippen LogP contribution in [0.1, 0.15) is 73.9 Å². The van der Waals surface area contributed by atoms with E-state index >= 15 is 0 Å². The molecule has 0 radical (unpaired) electrons. The fourth-order valence-corrected chi connectivity index (χ4v) is 2.46. The van der Waals surface area contributed by atoms with Gasteiger partial charge in [0.2, 0.25) is 0 Å². The average Bonchev–Trinajstić information content (AvgIpc) is 2.49. The second-order valence-electron chi connectivity index (χ2n) is 6.29. The summed E-state index contributed by atoms with van der Waals surface area (Å²) in [5.74, 6) is 0.256. The first kappa shape index (κ1) is 19.1. The predicted octanol–water partition coefficient (Wildman–Crippen LogP) is 4.69. The van der Waals surface area contributed by atoms with Crippen molar-refractivity contribution in [3.05, 3.63) is 41.5 Å². The third-order valence-electron chi connectivity index (χ3n) is 3.97. The molecule has 0 fully saturated rings. The summed E-state index contributed by atoms with van der Waals surface area (Å²) in [6.07, 6.45) is 5.94. The van der Waals surface area contributed by atoms with Crippen LogP contribution in [0.15, 0.2) is 24.8 Å². The van der Waals surface area contributed by atoms with Gasteiger partial charge >= 0.3 is 0 Å². The molecule has 1 aromatic carbocycles. The van der Waals surface area contributed by atoms with Crippen molar-refractivity contribution in [1.82, 2.24) is 5.32 Å². The number of nitrogens with one attached hydrogen (secondary N) is 1. The number of aryl methyl sites for hydroxylation is 1. The van der Waals surface area contributed by atoms with Crippen LogP contribution in [-0.4, -0.2) is 18.2 Å². The van der Waals surface area contributed by atoms with Crippen molar-refractivity contribution in [3.8, 4) is 0 Å². The average molecular weight is 315 g/mol. The number of ketones is 1. The molecule has 0 aromatic heterocycles. The van der Waals surface area contributed by atoms with Crippen LogP contribution in [0.3, 0.4) is 0 Å². The molecule has 0 bridgehead atoms. The highest BCUT2D eigenvalue weighted by Crippen LogP contribution is 2.17. The zero-order valence-electron chi connectivity index (χ0n) is 14.7. The molecule has 0 spiro atoms. The van der Waals surface area contributed by atoms with Crippen LogP contribution in [0.25, 0.3) is 5.57 Å². The summed E-state index contributed by atoms with van der Waals surface area (Å²) in [4.78, 5) is 23.1. The van der Waals surface area contributed by atoms with Crippen molar-refractivity contribution in [3.63, 3.8) is 0 Å². The molecule has 0 unspecified atom stereocenters. The first-order valence-electron chi connectivity index (χ1n) is 8.46. The van der Waals surface area contributed by atoms with Crippen molar-refractivity contribution in [2.24, 2.45) is 0 Å². The van der Waals surface area contributed by atoms with E-state index in [4.69, 9.17) is 0 Å². The van der Waals surface area contributed by atoms with E-state index in [9.17, 15) is 9.59 Å². The van der Waals surface area contributed by atoms with E-state index in [2.05, 4.69) is 11.9 Å². The number of hydrogen-bond donors (Lipinski definition) is 1. The van der Waals surface area contributed by atoms with Gasteiger partial charge in [0, 0.05) is 18.5 Å². The van der Waals surface area contributed by atoms with E-state index in [1.807, 2.05) is 32.0 Å². The second-order valence-corrected chi connectivity index (χ2v) is 6.29. The standard InChI is InChI=1S/C20H29NO2/c1-15(2)18-12-11-16(3)19(14-18)20(23)21-13-9-7-5-6-8-10-17(4)22/h11-12,14H,1,5-10,13H2,2-4H3,(H,21,23). The number of carbonyl (C=O) groups excluding carboxylic acids is 2. The lowest BCUT2D eigenvalue weighted by molar-refractivity contribution is -0.117. The molecule has 23 heavy (non-hydrogen) atoms. The molecule has 0 saturated carbocycles. The van der Waals surface area contributed by atoms with Gasteiger partial charge in [0.1, 0.15) is 5.78 Å². The summed E-state index contributed by atoms with van der Waals surface area (Å²) in [6, 6.07) is 5.87. The Morgan fingerprint density at radius 1 is 1.04 bits per heavy atom. The SMILES string of the molecule is C=C(C)c1ccc(C)c(C(=O)NCCCCCCCC(C)=O)c1. The summed E-state index contributed by atoms with van der Waals surface area (Å²) in [6.45, 7) is 10.2. The molecule has 1 rings (SSSR count). The summed E-state index contributed by atoms with van der Waals surface area (Å²) >= 11 is 0. The number of unbranched alkanes of at least 4 members (excludes halogenated alkanes) is 4. The van der Waals surface area contributed by atoms with Gasteiger partial charge in [0.05, 0.1) is 0 Å². The maximum absolute atomic E-state index is 12.3. The van der Waals surface area contributed by atoms with E-state index in [0.29, 0.717) is 13.0 Å². The minimum atomic E-state index is -0.0119. The monoisotopic (exact) mass is 315 g/mol. The maximum atomic E-state index is 12.3. The molecule has 1 aromatic rings. The van der Waals surface area contributed by atoms with E-state index in [1.165, 1.54) is 0 Å². The third-order valence-corrected chi connectivity index (χ3v) is 3.97. The second kappa shape index (κ2) is 9.98. The van der Waals surface area contributed by atoms with Gasteiger partial charge in [-0.2, -0.15) is 0 Å². The van der Waals surface area contributed by atoms with Crippen molar-refractivity contribution < 1.29 is 9.59 Å². The van der Waals surface area contributed by atoms with Crippen molar-refractivity contribution >= 4 is 17.3 Å². The first-order chi connectivity index (χ1) is 10.9. The van der Waals surface area contributed by atoms with Crippen LogP contribution in [0.4, 0.5) is 0 Å². The predicted molar refractivity (Wildman–Crippen MR) is 96.6 cm³/mol. The summed E-state index contributed by atoms with van der Waals surface area (Å²) in [5.41, 5.74) is 3.68. The number of allylic oxidation sites excluding steroid dienone is 1. The zero-order valence-corrected chi connectivity index (χ0v) is 14.7. The van der Waals surface area contributed by atoms with Crippen LogP contribution in [0.2, 0.25) is 0 Å². The molecule has 0 saturated heterocycles. The molecule has 1 N–H and O–H groups in total. The highest BCUT2D eigenvalue weighted by molar-refractivity contribution is 5.96. The van der Waals surface area contributed by atoms with Crippen molar-refractivity contribution in [2.45, 2.75) is 59.3 Å². The topological polar surface area (TPSA) is 46.2 Å². The number of rotatable bonds is 10. The molecule has 3 nitrogen and oxygen atoms in total. The Bertz CT molecular complexity index is 561. The highest BCUT2D eigenvalue weighted by atomic mass is 16.1. The van der Waals surface area contributed by atoms with Crippen LogP contribution >= 0.6 is 0 Å². The quantitative estimate of drug-likeness (QED) is 0.637. The molecule has 0 aliphatic rings. The number of carbonyl (C=O) groups is 2. The summed E-state index contributed by atoms with van der Waals surface area (Å²) in [7, 11) is 0. The maximum Gasteiger partial charge on any atom is 0.251 e. The Hall–Kier alpha value is -1.90. The van der Waals surface area contributed by atoms with E-state index in [-0.39, 0.29) is 11.7 Å².